The van der Waals surface area contributed by atoms with Crippen molar-refractivity contribution in [3.05, 3.63) is 119 Å². The first-order valence-electron chi connectivity index (χ1n) is 11.8. The molecule has 0 radical (unpaired) electrons. The minimum Gasteiger partial charge on any atom is -0.508 e. The number of aliphatic imine (C=N–C) groups is 1. The lowest BCUT2D eigenvalue weighted by Gasteiger charge is -2.27. The van der Waals surface area contributed by atoms with Crippen LogP contribution in [-0.4, -0.2) is 22.3 Å². The number of hydrogen-bond donors (Lipinski definition) is 2. The van der Waals surface area contributed by atoms with E-state index in [4.69, 9.17) is 9.83 Å². The molecule has 0 aliphatic carbocycles. The van der Waals surface area contributed by atoms with Gasteiger partial charge >= 0.3 is 0 Å². The summed E-state index contributed by atoms with van der Waals surface area (Å²) in [6.07, 6.45) is 0. The van der Waals surface area contributed by atoms with E-state index in [1.165, 1.54) is 16.7 Å². The zero-order valence-corrected chi connectivity index (χ0v) is 21.6. The third-order valence-electron chi connectivity index (χ3n) is 5.66. The third kappa shape index (κ3) is 6.90. The van der Waals surface area contributed by atoms with E-state index in [1.54, 1.807) is 31.0 Å². The van der Waals surface area contributed by atoms with E-state index in [9.17, 15) is 5.11 Å². The van der Waals surface area contributed by atoms with Crippen molar-refractivity contribution >= 4 is 28.3 Å². The lowest BCUT2D eigenvalue weighted by molar-refractivity contribution is 0.271. The van der Waals surface area contributed by atoms with Crippen LogP contribution in [0.1, 0.15) is 22.3 Å². The van der Waals surface area contributed by atoms with E-state index < -0.39 is 0 Å². The molecule has 36 heavy (non-hydrogen) atoms. The zero-order chi connectivity index (χ0) is 25.3. The van der Waals surface area contributed by atoms with Gasteiger partial charge in [-0.1, -0.05) is 84.1 Å². The number of phenols is 1. The number of para-hydroxylation sites is 2. The minimum atomic E-state index is 0.256. The minimum absolute atomic E-state index is 0.256. The first-order valence-corrected chi connectivity index (χ1v) is 12.6. The number of nitrogens with one attached hydrogen (secondary N) is 1. The number of phenolic OH excluding ortho intramolecular Hbond substituents is 1. The Morgan fingerprint density at radius 2 is 1.53 bits per heavy atom. The van der Waals surface area contributed by atoms with Crippen LogP contribution in [0.15, 0.2) is 107 Å². The summed E-state index contributed by atoms with van der Waals surface area (Å²) in [6.45, 7) is 5.55. The predicted molar refractivity (Wildman–Crippen MR) is 150 cm³/mol. The third-order valence-corrected chi connectivity index (χ3v) is 6.87. The standard InChI is InChI=1S/C30H31N3O2S/c1-22-13-18-29(23(2)19-22)36-30(31-27-11-7-8-12-28(27)32-35-3)33(20-24-9-5-4-6-10-24)21-25-14-16-26(34)17-15-25/h4-19,32,34H,20-21H2,1-3H3. The zero-order valence-electron chi connectivity index (χ0n) is 20.8. The molecule has 0 amide bonds. The van der Waals surface area contributed by atoms with Gasteiger partial charge in [-0.2, -0.15) is 0 Å². The maximum atomic E-state index is 9.80. The molecule has 0 saturated heterocycles. The van der Waals surface area contributed by atoms with Crippen LogP contribution in [0.5, 0.6) is 5.75 Å². The lowest BCUT2D eigenvalue weighted by Crippen LogP contribution is -2.28. The summed E-state index contributed by atoms with van der Waals surface area (Å²) >= 11 is 1.65. The molecule has 184 valence electrons. The van der Waals surface area contributed by atoms with Crippen molar-refractivity contribution in [2.24, 2.45) is 4.99 Å². The molecule has 0 saturated carbocycles. The average Bonchev–Trinajstić information content (AvgIpc) is 2.88. The van der Waals surface area contributed by atoms with E-state index in [1.807, 2.05) is 42.5 Å². The molecule has 2 N–H and O–H groups in total. The predicted octanol–water partition coefficient (Wildman–Crippen LogP) is 7.46. The van der Waals surface area contributed by atoms with Crippen molar-refractivity contribution in [2.75, 3.05) is 12.6 Å². The number of hydrogen-bond acceptors (Lipinski definition) is 5. The molecule has 0 aliphatic rings. The molecule has 4 aromatic carbocycles. The number of amidine groups is 1. The number of thioether (sulfide) groups is 1. The van der Waals surface area contributed by atoms with Crippen molar-refractivity contribution in [2.45, 2.75) is 31.8 Å². The Labute approximate surface area is 217 Å². The van der Waals surface area contributed by atoms with Gasteiger partial charge in [0, 0.05) is 18.0 Å². The largest absolute Gasteiger partial charge is 0.508 e. The molecule has 0 heterocycles. The summed E-state index contributed by atoms with van der Waals surface area (Å²) in [4.78, 5) is 13.8. The quantitative estimate of drug-likeness (QED) is 0.114. The first kappa shape index (κ1) is 25.4. The number of benzene rings is 4. The molecule has 0 bridgehead atoms. The highest BCUT2D eigenvalue weighted by molar-refractivity contribution is 8.13. The Bertz CT molecular complexity index is 1310. The van der Waals surface area contributed by atoms with Gasteiger partial charge in [-0.3, -0.25) is 10.3 Å². The Kier molecular flexibility index (Phi) is 8.66. The molecule has 0 aromatic heterocycles. The Balaban J connectivity index is 1.80. The van der Waals surface area contributed by atoms with Crippen LogP contribution in [0.3, 0.4) is 0 Å². The summed E-state index contributed by atoms with van der Waals surface area (Å²) in [6, 6.07) is 32.1. The number of aryl methyl sites for hydroxylation is 2. The lowest BCUT2D eigenvalue weighted by atomic mass is 10.1. The number of anilines is 1. The van der Waals surface area contributed by atoms with Crippen LogP contribution in [0.4, 0.5) is 11.4 Å². The molecule has 6 heteroatoms. The van der Waals surface area contributed by atoms with Crippen LogP contribution in [0.2, 0.25) is 0 Å². The van der Waals surface area contributed by atoms with Gasteiger partial charge in [0.05, 0.1) is 18.5 Å². The topological polar surface area (TPSA) is 57.1 Å². The Morgan fingerprint density at radius 1 is 0.861 bits per heavy atom. The van der Waals surface area contributed by atoms with Crippen LogP contribution in [0.25, 0.3) is 0 Å². The van der Waals surface area contributed by atoms with Gasteiger partial charge in [0.1, 0.15) is 5.75 Å². The monoisotopic (exact) mass is 497 g/mol. The van der Waals surface area contributed by atoms with Crippen LogP contribution < -0.4 is 5.48 Å². The van der Waals surface area contributed by atoms with Crippen molar-refractivity contribution in [1.82, 2.24) is 4.90 Å². The second-order valence-corrected chi connectivity index (χ2v) is 9.61. The average molecular weight is 498 g/mol. The molecule has 5 nitrogen and oxygen atoms in total. The van der Waals surface area contributed by atoms with Crippen LogP contribution in [-0.2, 0) is 17.9 Å². The molecule has 0 spiro atoms. The number of nitrogens with zero attached hydrogens (tertiary/aromatic N) is 2. The molecule has 4 aromatic rings. The highest BCUT2D eigenvalue weighted by atomic mass is 32.2. The van der Waals surface area contributed by atoms with E-state index in [0.29, 0.717) is 13.1 Å². The van der Waals surface area contributed by atoms with E-state index in [2.05, 4.69) is 66.7 Å². The van der Waals surface area contributed by atoms with Crippen molar-refractivity contribution in [3.63, 3.8) is 0 Å². The van der Waals surface area contributed by atoms with Gasteiger partial charge in [0.25, 0.3) is 0 Å². The Morgan fingerprint density at radius 3 is 2.22 bits per heavy atom. The molecular formula is C30H31N3O2S. The van der Waals surface area contributed by atoms with E-state index >= 15 is 0 Å². The van der Waals surface area contributed by atoms with Gasteiger partial charge in [0.2, 0.25) is 0 Å². The molecular weight excluding hydrogens is 466 g/mol. The summed E-state index contributed by atoms with van der Waals surface area (Å²) in [5.74, 6) is 0.256. The highest BCUT2D eigenvalue weighted by Gasteiger charge is 2.17. The van der Waals surface area contributed by atoms with Crippen LogP contribution >= 0.6 is 11.8 Å². The fourth-order valence-electron chi connectivity index (χ4n) is 3.86. The van der Waals surface area contributed by atoms with Gasteiger partial charge in [-0.05, 0) is 60.9 Å². The fraction of sp³-hybridized carbons (Fsp3) is 0.167. The summed E-state index contributed by atoms with van der Waals surface area (Å²) in [5, 5.41) is 10.7. The fourth-order valence-corrected chi connectivity index (χ4v) is 4.81. The SMILES string of the molecule is CONc1ccccc1N=C(Sc1ccc(C)cc1C)N(Cc1ccccc1)Cc1ccc(O)cc1. The molecule has 0 unspecified atom stereocenters. The van der Waals surface area contributed by atoms with Crippen LogP contribution in [0, 0.1) is 13.8 Å². The van der Waals surface area contributed by atoms with Gasteiger partial charge in [-0.15, -0.1) is 0 Å². The molecule has 0 aliphatic heterocycles. The second kappa shape index (κ2) is 12.3. The van der Waals surface area contributed by atoms with Gasteiger partial charge in [0.15, 0.2) is 5.17 Å². The maximum absolute atomic E-state index is 9.80. The van der Waals surface area contributed by atoms with Crippen molar-refractivity contribution in [1.29, 1.82) is 0 Å². The summed E-state index contributed by atoms with van der Waals surface area (Å²) in [7, 11) is 1.60. The molecule has 0 fully saturated rings. The molecule has 4 rings (SSSR count). The normalized spacial score (nSPS) is 11.4. The smallest absolute Gasteiger partial charge is 0.169 e. The first-order chi connectivity index (χ1) is 17.5. The Hall–Kier alpha value is -3.74. The van der Waals surface area contributed by atoms with Crippen molar-refractivity contribution in [3.8, 4) is 5.75 Å². The second-order valence-electron chi connectivity index (χ2n) is 8.60. The summed E-state index contributed by atoms with van der Waals surface area (Å²) in [5.41, 5.74) is 9.24. The highest BCUT2D eigenvalue weighted by Crippen LogP contribution is 2.32. The maximum Gasteiger partial charge on any atom is 0.169 e. The van der Waals surface area contributed by atoms with E-state index in [0.717, 1.165) is 27.0 Å². The van der Waals surface area contributed by atoms with Gasteiger partial charge in [-0.25, -0.2) is 4.99 Å². The number of aromatic hydroxyl groups is 1. The molecule has 0 atom stereocenters. The van der Waals surface area contributed by atoms with Gasteiger partial charge < -0.3 is 10.0 Å². The number of rotatable bonds is 8. The van der Waals surface area contributed by atoms with Crippen molar-refractivity contribution < 1.29 is 9.94 Å². The van der Waals surface area contributed by atoms with E-state index in [-0.39, 0.29) is 5.75 Å². The summed E-state index contributed by atoms with van der Waals surface area (Å²) < 4.78 is 0.